The number of anilines is 2. The minimum Gasteiger partial charge on any atom is -0.494 e. The summed E-state index contributed by atoms with van der Waals surface area (Å²) in [5.74, 6) is 0.551. The quantitative estimate of drug-likeness (QED) is 0.872. The first-order valence-corrected chi connectivity index (χ1v) is 9.15. The summed E-state index contributed by atoms with van der Waals surface area (Å²) in [5, 5.41) is 2.74. The van der Waals surface area contributed by atoms with E-state index in [1.165, 1.54) is 6.07 Å². The molecule has 0 aliphatic carbocycles. The first-order chi connectivity index (χ1) is 11.5. The molecule has 0 saturated heterocycles. The largest absolute Gasteiger partial charge is 0.494 e. The zero-order chi connectivity index (χ0) is 17.2. The smallest absolute Gasteiger partial charge is 0.261 e. The maximum absolute atomic E-state index is 12.6. The lowest BCUT2D eigenvalue weighted by atomic mass is 10.0. The van der Waals surface area contributed by atoms with Gasteiger partial charge in [0.1, 0.15) is 5.75 Å². The van der Waals surface area contributed by atoms with Crippen LogP contribution in [0.1, 0.15) is 18.9 Å². The molecule has 0 bridgehead atoms. The number of hydrogen-bond donors (Lipinski definition) is 2. The summed E-state index contributed by atoms with van der Waals surface area (Å²) in [7, 11) is -3.71. The van der Waals surface area contributed by atoms with Crippen molar-refractivity contribution in [3.05, 3.63) is 48.0 Å². The van der Waals surface area contributed by atoms with Gasteiger partial charge in [0.15, 0.2) is 0 Å². The van der Waals surface area contributed by atoms with Gasteiger partial charge in [-0.05, 0) is 49.2 Å². The van der Waals surface area contributed by atoms with Crippen molar-refractivity contribution >= 4 is 27.3 Å². The van der Waals surface area contributed by atoms with Gasteiger partial charge in [-0.1, -0.05) is 6.07 Å². The number of fused-ring (bicyclic) bond motifs is 1. The van der Waals surface area contributed by atoms with E-state index < -0.39 is 10.0 Å². The highest BCUT2D eigenvalue weighted by Crippen LogP contribution is 2.27. The Morgan fingerprint density at radius 2 is 2.00 bits per heavy atom. The van der Waals surface area contributed by atoms with E-state index >= 15 is 0 Å². The third-order valence-electron chi connectivity index (χ3n) is 3.68. The number of aryl methyl sites for hydroxylation is 1. The van der Waals surface area contributed by atoms with E-state index in [-0.39, 0.29) is 10.8 Å². The predicted octanol–water partition coefficient (Wildman–Crippen LogP) is 2.77. The molecule has 0 spiro atoms. The molecule has 0 fully saturated rings. The van der Waals surface area contributed by atoms with Crippen LogP contribution in [0, 0.1) is 0 Å². The number of carbonyl (C=O) groups is 1. The third-order valence-corrected chi connectivity index (χ3v) is 5.06. The van der Waals surface area contributed by atoms with Crippen molar-refractivity contribution < 1.29 is 17.9 Å². The number of ether oxygens (including phenoxy) is 1. The Labute approximate surface area is 140 Å². The fourth-order valence-electron chi connectivity index (χ4n) is 2.56. The second-order valence-electron chi connectivity index (χ2n) is 5.43. The molecule has 2 aromatic rings. The summed E-state index contributed by atoms with van der Waals surface area (Å²) in [4.78, 5) is 11.5. The minimum atomic E-state index is -3.71. The first kappa shape index (κ1) is 16.3. The average Bonchev–Trinajstić information content (AvgIpc) is 2.54. The van der Waals surface area contributed by atoms with Crippen molar-refractivity contribution in [1.29, 1.82) is 0 Å². The third kappa shape index (κ3) is 3.51. The number of sulfonamides is 1. The van der Waals surface area contributed by atoms with Gasteiger partial charge in [0, 0.05) is 18.2 Å². The van der Waals surface area contributed by atoms with Crippen molar-refractivity contribution in [2.45, 2.75) is 24.7 Å². The van der Waals surface area contributed by atoms with Gasteiger partial charge in [-0.2, -0.15) is 0 Å². The van der Waals surface area contributed by atoms with Crippen molar-refractivity contribution in [1.82, 2.24) is 0 Å². The lowest BCUT2D eigenvalue weighted by molar-refractivity contribution is -0.116. The van der Waals surface area contributed by atoms with Crippen LogP contribution in [0.15, 0.2) is 47.4 Å². The van der Waals surface area contributed by atoms with Crippen LogP contribution in [0.25, 0.3) is 0 Å². The molecule has 1 aliphatic rings. The Hall–Kier alpha value is -2.54. The molecule has 1 aliphatic heterocycles. The molecular formula is C17H18N2O4S. The molecule has 1 heterocycles. The van der Waals surface area contributed by atoms with E-state index in [9.17, 15) is 13.2 Å². The monoisotopic (exact) mass is 346 g/mol. The van der Waals surface area contributed by atoms with E-state index in [0.29, 0.717) is 36.6 Å². The lowest BCUT2D eigenvalue weighted by Gasteiger charge is -2.18. The molecule has 2 N–H and O–H groups in total. The number of amides is 1. The molecule has 0 saturated carbocycles. The summed E-state index contributed by atoms with van der Waals surface area (Å²) in [6, 6.07) is 11.5. The van der Waals surface area contributed by atoms with Gasteiger partial charge in [-0.25, -0.2) is 8.42 Å². The Bertz CT molecular complexity index is 878. The van der Waals surface area contributed by atoms with E-state index in [0.717, 1.165) is 5.56 Å². The van der Waals surface area contributed by atoms with Gasteiger partial charge in [-0.15, -0.1) is 0 Å². The number of nitrogens with one attached hydrogen (secondary N) is 2. The number of benzene rings is 2. The zero-order valence-electron chi connectivity index (χ0n) is 13.2. The van der Waals surface area contributed by atoms with Crippen LogP contribution in [-0.2, 0) is 21.2 Å². The van der Waals surface area contributed by atoms with Crippen LogP contribution < -0.4 is 14.8 Å². The predicted molar refractivity (Wildman–Crippen MR) is 91.8 cm³/mol. The fourth-order valence-corrected chi connectivity index (χ4v) is 3.66. The van der Waals surface area contributed by atoms with Crippen LogP contribution in [0.3, 0.4) is 0 Å². The van der Waals surface area contributed by atoms with Crippen molar-refractivity contribution in [3.63, 3.8) is 0 Å². The molecule has 6 nitrogen and oxygen atoms in total. The second kappa shape index (κ2) is 6.52. The molecular weight excluding hydrogens is 328 g/mol. The SMILES string of the molecule is CCOc1cccc(NS(=O)(=O)c2ccc3c(c2)CCC(=O)N3)c1. The highest BCUT2D eigenvalue weighted by Gasteiger charge is 2.20. The maximum Gasteiger partial charge on any atom is 0.261 e. The fraction of sp³-hybridized carbons (Fsp3) is 0.235. The summed E-state index contributed by atoms with van der Waals surface area (Å²) in [6.45, 7) is 2.37. The highest BCUT2D eigenvalue weighted by molar-refractivity contribution is 7.92. The summed E-state index contributed by atoms with van der Waals surface area (Å²) in [6.07, 6.45) is 0.894. The van der Waals surface area contributed by atoms with Crippen LogP contribution in [0.4, 0.5) is 11.4 Å². The van der Waals surface area contributed by atoms with Crippen molar-refractivity contribution in [3.8, 4) is 5.75 Å². The molecule has 24 heavy (non-hydrogen) atoms. The Kier molecular flexibility index (Phi) is 4.44. The van der Waals surface area contributed by atoms with Gasteiger partial charge < -0.3 is 10.1 Å². The highest BCUT2D eigenvalue weighted by atomic mass is 32.2. The topological polar surface area (TPSA) is 84.5 Å². The lowest BCUT2D eigenvalue weighted by Crippen LogP contribution is -2.20. The molecule has 0 unspecified atom stereocenters. The normalized spacial score (nSPS) is 13.8. The molecule has 2 aromatic carbocycles. The number of carbonyl (C=O) groups excluding carboxylic acids is 1. The maximum atomic E-state index is 12.6. The second-order valence-corrected chi connectivity index (χ2v) is 7.12. The molecule has 1 amide bonds. The Morgan fingerprint density at radius 1 is 1.17 bits per heavy atom. The summed E-state index contributed by atoms with van der Waals surface area (Å²) >= 11 is 0. The molecule has 0 atom stereocenters. The van der Waals surface area contributed by atoms with Gasteiger partial charge in [0.25, 0.3) is 10.0 Å². The van der Waals surface area contributed by atoms with Gasteiger partial charge in [0.2, 0.25) is 5.91 Å². The van der Waals surface area contributed by atoms with Gasteiger partial charge >= 0.3 is 0 Å². The summed E-state index contributed by atoms with van der Waals surface area (Å²) in [5.41, 5.74) is 1.93. The Morgan fingerprint density at radius 3 is 2.79 bits per heavy atom. The average molecular weight is 346 g/mol. The molecule has 0 aromatic heterocycles. The number of hydrogen-bond acceptors (Lipinski definition) is 4. The molecule has 126 valence electrons. The van der Waals surface area contributed by atoms with E-state index in [1.54, 1.807) is 36.4 Å². The molecule has 0 radical (unpaired) electrons. The van der Waals surface area contributed by atoms with E-state index in [1.807, 2.05) is 6.92 Å². The van der Waals surface area contributed by atoms with Crippen molar-refractivity contribution in [2.75, 3.05) is 16.6 Å². The van der Waals surface area contributed by atoms with Crippen LogP contribution >= 0.6 is 0 Å². The molecule has 3 rings (SSSR count). The summed E-state index contributed by atoms with van der Waals surface area (Å²) < 4.78 is 33.1. The Balaban J connectivity index is 1.85. The first-order valence-electron chi connectivity index (χ1n) is 7.66. The molecule has 7 heteroatoms. The van der Waals surface area contributed by atoms with E-state index in [2.05, 4.69) is 10.0 Å². The standard InChI is InChI=1S/C17H18N2O4S/c1-2-23-14-5-3-4-13(11-14)19-24(21,22)15-7-8-16-12(10-15)6-9-17(20)18-16/h3-5,7-8,10-11,19H,2,6,9H2,1H3,(H,18,20). The van der Waals surface area contributed by atoms with Crippen LogP contribution in [0.5, 0.6) is 5.75 Å². The number of rotatable bonds is 5. The minimum absolute atomic E-state index is 0.0519. The zero-order valence-corrected chi connectivity index (χ0v) is 14.0. The van der Waals surface area contributed by atoms with E-state index in [4.69, 9.17) is 4.74 Å². The van der Waals surface area contributed by atoms with Crippen molar-refractivity contribution in [2.24, 2.45) is 0 Å². The van der Waals surface area contributed by atoms with Gasteiger partial charge in [-0.3, -0.25) is 9.52 Å². The van der Waals surface area contributed by atoms with Crippen LogP contribution in [-0.4, -0.2) is 20.9 Å². The van der Waals surface area contributed by atoms with Gasteiger partial charge in [0.05, 0.1) is 17.2 Å². The van der Waals surface area contributed by atoms with Crippen LogP contribution in [0.2, 0.25) is 0 Å².